The van der Waals surface area contributed by atoms with Gasteiger partial charge in [0.25, 0.3) is 0 Å². The third kappa shape index (κ3) is 2.83. The van der Waals surface area contributed by atoms with Gasteiger partial charge in [0.05, 0.1) is 9.99 Å². The normalized spacial score (nSPS) is 10.8. The highest BCUT2D eigenvalue weighted by Gasteiger charge is 2.09. The number of aryl methyl sites for hydroxylation is 1. The van der Waals surface area contributed by atoms with Gasteiger partial charge in [-0.3, -0.25) is 4.98 Å². The maximum atomic E-state index is 13.1. The first-order valence-corrected chi connectivity index (χ1v) is 7.12. The lowest BCUT2D eigenvalue weighted by molar-refractivity contribution is 0.482. The molecule has 106 valence electrons. The lowest BCUT2D eigenvalue weighted by Gasteiger charge is -2.11. The summed E-state index contributed by atoms with van der Waals surface area (Å²) in [4.78, 5) is 4.45. The number of ether oxygens (including phenoxy) is 1. The van der Waals surface area contributed by atoms with Gasteiger partial charge in [0.15, 0.2) is 0 Å². The second-order valence-electron chi connectivity index (χ2n) is 4.72. The van der Waals surface area contributed by atoms with Crippen molar-refractivity contribution in [2.45, 2.75) is 6.92 Å². The number of hydrogen-bond acceptors (Lipinski definition) is 3. The molecule has 2 N–H and O–H groups in total. The van der Waals surface area contributed by atoms with Gasteiger partial charge in [-0.05, 0) is 59.3 Å². The molecule has 0 saturated carbocycles. The van der Waals surface area contributed by atoms with Crippen LogP contribution in [0.1, 0.15) is 5.69 Å². The number of nitrogen functional groups attached to an aromatic ring is 1. The van der Waals surface area contributed by atoms with Crippen molar-refractivity contribution < 1.29 is 9.13 Å². The first-order chi connectivity index (χ1) is 10.0. The van der Waals surface area contributed by atoms with Gasteiger partial charge in [0.2, 0.25) is 0 Å². The summed E-state index contributed by atoms with van der Waals surface area (Å²) in [7, 11) is 0. The van der Waals surface area contributed by atoms with Gasteiger partial charge >= 0.3 is 0 Å². The third-order valence-electron chi connectivity index (χ3n) is 3.04. The van der Waals surface area contributed by atoms with E-state index in [4.69, 9.17) is 10.5 Å². The largest absolute Gasteiger partial charge is 0.455 e. The van der Waals surface area contributed by atoms with Crippen LogP contribution in [-0.4, -0.2) is 4.98 Å². The van der Waals surface area contributed by atoms with Gasteiger partial charge in [0.1, 0.15) is 17.3 Å². The molecule has 0 amide bonds. The van der Waals surface area contributed by atoms with E-state index in [0.29, 0.717) is 21.7 Å². The molecule has 3 aromatic rings. The summed E-state index contributed by atoms with van der Waals surface area (Å²) in [6, 6.07) is 11.6. The molecule has 3 rings (SSSR count). The minimum atomic E-state index is -0.325. The molecule has 5 heteroatoms. The Balaban J connectivity index is 2.13. The number of benzene rings is 2. The lowest BCUT2D eigenvalue weighted by Crippen LogP contribution is -1.93. The van der Waals surface area contributed by atoms with Crippen LogP contribution < -0.4 is 10.5 Å². The number of halogens is 2. The van der Waals surface area contributed by atoms with Gasteiger partial charge in [-0.25, -0.2) is 4.39 Å². The van der Waals surface area contributed by atoms with Crippen molar-refractivity contribution in [1.82, 2.24) is 4.98 Å². The summed E-state index contributed by atoms with van der Waals surface area (Å²) in [6.07, 6.45) is 0. The van der Waals surface area contributed by atoms with Gasteiger partial charge in [-0.1, -0.05) is 0 Å². The number of hydrogen-bond donors (Lipinski definition) is 1. The predicted octanol–water partition coefficient (Wildman–Crippen LogP) is 4.82. The molecule has 2 aromatic carbocycles. The zero-order valence-electron chi connectivity index (χ0n) is 11.2. The zero-order valence-corrected chi connectivity index (χ0v) is 12.8. The molecule has 0 aliphatic carbocycles. The number of nitrogens with two attached hydrogens (primary N) is 1. The molecule has 0 aliphatic heterocycles. The zero-order chi connectivity index (χ0) is 15.0. The van der Waals surface area contributed by atoms with Crippen molar-refractivity contribution in [3.8, 4) is 11.5 Å². The quantitative estimate of drug-likeness (QED) is 0.676. The summed E-state index contributed by atoms with van der Waals surface area (Å²) >= 11 is 3.30. The molecule has 0 bridgehead atoms. The van der Waals surface area contributed by atoms with Crippen LogP contribution in [0.5, 0.6) is 11.5 Å². The number of rotatable bonds is 2. The second kappa shape index (κ2) is 5.33. The predicted molar refractivity (Wildman–Crippen MR) is 85.1 cm³/mol. The lowest BCUT2D eigenvalue weighted by atomic mass is 10.1. The van der Waals surface area contributed by atoms with Crippen LogP contribution in [-0.2, 0) is 0 Å². The van der Waals surface area contributed by atoms with Gasteiger partial charge in [-0.15, -0.1) is 0 Å². The Morgan fingerprint density at radius 1 is 1.10 bits per heavy atom. The Labute approximate surface area is 129 Å². The molecular weight excluding hydrogens is 335 g/mol. The van der Waals surface area contributed by atoms with Crippen LogP contribution in [0, 0.1) is 12.7 Å². The van der Waals surface area contributed by atoms with E-state index < -0.39 is 0 Å². The first-order valence-electron chi connectivity index (χ1n) is 6.33. The monoisotopic (exact) mass is 346 g/mol. The van der Waals surface area contributed by atoms with E-state index in [0.717, 1.165) is 16.6 Å². The van der Waals surface area contributed by atoms with Crippen LogP contribution in [0.3, 0.4) is 0 Å². The topological polar surface area (TPSA) is 48.1 Å². The summed E-state index contributed by atoms with van der Waals surface area (Å²) in [5.74, 6) is 0.845. The molecule has 0 aliphatic rings. The number of nitrogens with zero attached hydrogens (tertiary/aromatic N) is 1. The van der Waals surface area contributed by atoms with Crippen molar-refractivity contribution in [2.24, 2.45) is 0 Å². The Bertz CT molecular complexity index is 836. The van der Waals surface area contributed by atoms with Gasteiger partial charge in [0, 0.05) is 22.8 Å². The Kier molecular flexibility index (Phi) is 3.51. The average Bonchev–Trinajstić information content (AvgIpc) is 2.42. The van der Waals surface area contributed by atoms with E-state index in [-0.39, 0.29) is 5.82 Å². The molecule has 0 spiro atoms. The highest BCUT2D eigenvalue weighted by Crippen LogP contribution is 2.34. The van der Waals surface area contributed by atoms with Crippen molar-refractivity contribution in [1.29, 1.82) is 0 Å². The van der Waals surface area contributed by atoms with Crippen molar-refractivity contribution in [3.63, 3.8) is 0 Å². The number of aromatic nitrogens is 1. The van der Waals surface area contributed by atoms with Crippen molar-refractivity contribution in [3.05, 3.63) is 58.4 Å². The molecule has 21 heavy (non-hydrogen) atoms. The summed E-state index contributed by atoms with van der Waals surface area (Å²) in [5.41, 5.74) is 8.10. The second-order valence-corrected chi connectivity index (χ2v) is 5.57. The van der Waals surface area contributed by atoms with E-state index in [2.05, 4.69) is 20.9 Å². The molecule has 0 radical (unpaired) electrons. The van der Waals surface area contributed by atoms with E-state index in [9.17, 15) is 4.39 Å². The van der Waals surface area contributed by atoms with Crippen LogP contribution in [0.15, 0.2) is 46.9 Å². The Morgan fingerprint density at radius 3 is 2.67 bits per heavy atom. The molecule has 1 aromatic heterocycles. The maximum absolute atomic E-state index is 13.1. The summed E-state index contributed by atoms with van der Waals surface area (Å²) in [6.45, 7) is 1.89. The molecule has 1 heterocycles. The Hall–Kier alpha value is -2.14. The van der Waals surface area contributed by atoms with Crippen molar-refractivity contribution >= 4 is 32.5 Å². The standard InChI is InChI=1S/C16H12BrFN2O/c1-9-6-16(12-8-11(19)3-4-14(12)20-9)21-15-5-2-10(18)7-13(15)17/h2-8H,19H2,1H3. The SMILES string of the molecule is Cc1cc(Oc2ccc(F)cc2Br)c2cc(N)ccc2n1. The van der Waals surface area contributed by atoms with Crippen LogP contribution in [0.25, 0.3) is 10.9 Å². The fourth-order valence-electron chi connectivity index (χ4n) is 2.10. The third-order valence-corrected chi connectivity index (χ3v) is 3.66. The van der Waals surface area contributed by atoms with Crippen LogP contribution in [0.2, 0.25) is 0 Å². The first kappa shape index (κ1) is 13.8. The highest BCUT2D eigenvalue weighted by molar-refractivity contribution is 9.10. The maximum Gasteiger partial charge on any atom is 0.141 e. The fourth-order valence-corrected chi connectivity index (χ4v) is 2.53. The molecule has 0 atom stereocenters. The molecule has 3 nitrogen and oxygen atoms in total. The van der Waals surface area contributed by atoms with Crippen LogP contribution >= 0.6 is 15.9 Å². The highest BCUT2D eigenvalue weighted by atomic mass is 79.9. The van der Waals surface area contributed by atoms with Crippen molar-refractivity contribution in [2.75, 3.05) is 5.73 Å². The number of anilines is 1. The number of fused-ring (bicyclic) bond motifs is 1. The van der Waals surface area contributed by atoms with E-state index >= 15 is 0 Å². The van der Waals surface area contributed by atoms with E-state index in [1.165, 1.54) is 12.1 Å². The minimum absolute atomic E-state index is 0.325. The summed E-state index contributed by atoms with van der Waals surface area (Å²) in [5, 5.41) is 0.817. The average molecular weight is 347 g/mol. The van der Waals surface area contributed by atoms with Gasteiger partial charge in [-0.2, -0.15) is 0 Å². The number of pyridine rings is 1. The molecule has 0 unspecified atom stereocenters. The van der Waals surface area contributed by atoms with Crippen LogP contribution in [0.4, 0.5) is 10.1 Å². The molecular formula is C16H12BrFN2O. The fraction of sp³-hybridized carbons (Fsp3) is 0.0625. The van der Waals surface area contributed by atoms with E-state index in [1.807, 2.05) is 25.1 Å². The molecule has 0 fully saturated rings. The minimum Gasteiger partial charge on any atom is -0.455 e. The Morgan fingerprint density at radius 2 is 1.90 bits per heavy atom. The summed E-state index contributed by atoms with van der Waals surface area (Å²) < 4.78 is 19.6. The smallest absolute Gasteiger partial charge is 0.141 e. The van der Waals surface area contributed by atoms with Gasteiger partial charge < -0.3 is 10.5 Å². The van der Waals surface area contributed by atoms with E-state index in [1.54, 1.807) is 12.1 Å². The molecule has 0 saturated heterocycles.